The fourth-order valence-electron chi connectivity index (χ4n) is 7.91. The minimum Gasteiger partial charge on any atom is -1.00 e. The van der Waals surface area contributed by atoms with Crippen LogP contribution in [0.25, 0.3) is 22.3 Å². The van der Waals surface area contributed by atoms with Gasteiger partial charge in [0.1, 0.15) is 0 Å². The van der Waals surface area contributed by atoms with Gasteiger partial charge in [0.05, 0.1) is 0 Å². The van der Waals surface area contributed by atoms with Crippen molar-refractivity contribution in [3.05, 3.63) is 169 Å². The largest absolute Gasteiger partial charge is 1.00 e. The molecule has 0 nitrogen and oxygen atoms in total. The van der Waals surface area contributed by atoms with Gasteiger partial charge in [0, 0.05) is 5.41 Å². The van der Waals surface area contributed by atoms with Gasteiger partial charge >= 0.3 is 120 Å². The van der Waals surface area contributed by atoms with Crippen molar-refractivity contribution in [3.63, 3.8) is 0 Å². The van der Waals surface area contributed by atoms with Gasteiger partial charge in [-0.15, -0.1) is 11.6 Å². The molecule has 5 heteroatoms. The van der Waals surface area contributed by atoms with E-state index in [-0.39, 0.29) is 35.6 Å². The fourth-order valence-corrected chi connectivity index (χ4v) is 9.05. The second-order valence-electron chi connectivity index (χ2n) is 16.7. The van der Waals surface area contributed by atoms with E-state index in [4.69, 9.17) is 23.2 Å². The zero-order valence-electron chi connectivity index (χ0n) is 33.2. The maximum atomic E-state index is 5.98. The summed E-state index contributed by atoms with van der Waals surface area (Å²) in [6, 6.07) is 32.4. The summed E-state index contributed by atoms with van der Waals surface area (Å²) < 4.78 is 1.26. The molecule has 5 aromatic carbocycles. The Balaban J connectivity index is 0.000000194. The van der Waals surface area contributed by atoms with E-state index >= 15 is 0 Å². The normalized spacial score (nSPS) is 15.0. The Morgan fingerprint density at radius 2 is 1.30 bits per heavy atom. The molecule has 3 aliphatic carbocycles. The van der Waals surface area contributed by atoms with E-state index in [1.54, 1.807) is 0 Å². The van der Waals surface area contributed by atoms with Gasteiger partial charge in [-0.1, -0.05) is 97.8 Å². The van der Waals surface area contributed by atoms with Crippen LogP contribution in [0.2, 0.25) is 10.0 Å². The topological polar surface area (TPSA) is 0 Å². The first-order valence-electron chi connectivity index (χ1n) is 18.4. The maximum Gasteiger partial charge on any atom is -1.00 e. The molecule has 0 fully saturated rings. The summed E-state index contributed by atoms with van der Waals surface area (Å²) in [5.74, 6) is 0. The number of rotatable bonds is 3. The predicted octanol–water partition coefficient (Wildman–Crippen LogP) is 7.83. The quantitative estimate of drug-likeness (QED) is 0.159. The summed E-state index contributed by atoms with van der Waals surface area (Å²) in [5, 5.41) is 1.53. The minimum absolute atomic E-state index is 0. The van der Waals surface area contributed by atoms with Crippen LogP contribution in [0.5, 0.6) is 0 Å². The summed E-state index contributed by atoms with van der Waals surface area (Å²) in [7, 11) is 0. The molecular weight excluding hydrogens is 822 g/mol. The van der Waals surface area contributed by atoms with Gasteiger partial charge in [-0.05, 0) is 58.4 Å². The van der Waals surface area contributed by atoms with Crippen molar-refractivity contribution in [2.75, 3.05) is 0 Å². The van der Waals surface area contributed by atoms with Crippen molar-refractivity contribution in [2.24, 2.45) is 0 Å². The second kappa shape index (κ2) is 17.0. The van der Waals surface area contributed by atoms with Crippen molar-refractivity contribution in [3.8, 4) is 11.1 Å². The first-order chi connectivity index (χ1) is 24.4. The summed E-state index contributed by atoms with van der Waals surface area (Å²) in [5.41, 5.74) is 20.1. The Hall–Kier alpha value is -2.38. The third-order valence-corrected chi connectivity index (χ3v) is 12.6. The van der Waals surface area contributed by atoms with Gasteiger partial charge in [-0.25, -0.2) is 11.6 Å². The van der Waals surface area contributed by atoms with Crippen LogP contribution in [0, 0.1) is 6.08 Å². The average molecular weight is 872 g/mol. The Labute approximate surface area is 362 Å². The molecule has 0 saturated heterocycles. The van der Waals surface area contributed by atoms with Crippen LogP contribution < -0.4 is 24.8 Å². The van der Waals surface area contributed by atoms with E-state index in [1.165, 1.54) is 94.2 Å². The number of allylic oxidation sites excluding steroid dienone is 4. The summed E-state index contributed by atoms with van der Waals surface area (Å²) in [4.78, 5) is 0. The van der Waals surface area contributed by atoms with Gasteiger partial charge < -0.3 is 24.8 Å². The molecule has 0 unspecified atom stereocenters. The summed E-state index contributed by atoms with van der Waals surface area (Å²) in [6.45, 7) is 22.6. The predicted molar refractivity (Wildman–Crippen MR) is 223 cm³/mol. The molecule has 54 heavy (non-hydrogen) atoms. The third-order valence-electron chi connectivity index (χ3n) is 10.8. The SMILES string of the molecule is CC1=[C-]C(C)(C)c2cc3c(cc21)-c1cc2c(cc1C3)C(C)(C)C=C2C.CCc1cc(C(C)(C)C)c[cH-]1.Clc1cccc([C](=[Zr+2])c2cccc(Cl)c2)c1.[Cl-].[Cl-]. The molecule has 5 aromatic rings. The van der Waals surface area contributed by atoms with E-state index in [1.807, 2.05) is 36.4 Å². The van der Waals surface area contributed by atoms with Crippen molar-refractivity contribution >= 4 is 37.6 Å². The average Bonchev–Trinajstić information content (AvgIpc) is 3.81. The Kier molecular flexibility index (Phi) is 14.0. The number of hydrogen-bond donors (Lipinski definition) is 0. The molecule has 0 amide bonds. The number of hydrogen-bond acceptors (Lipinski definition) is 0. The fraction of sp³-hybridized carbons (Fsp3) is 0.306. The van der Waals surface area contributed by atoms with Crippen LogP contribution in [0.3, 0.4) is 0 Å². The van der Waals surface area contributed by atoms with E-state index in [9.17, 15) is 0 Å². The molecule has 0 heterocycles. The van der Waals surface area contributed by atoms with Crippen molar-refractivity contribution < 1.29 is 49.0 Å². The maximum absolute atomic E-state index is 5.98. The van der Waals surface area contributed by atoms with Crippen LogP contribution in [-0.4, -0.2) is 3.21 Å². The number of halogens is 4. The Bertz CT molecular complexity index is 2120. The van der Waals surface area contributed by atoms with Crippen molar-refractivity contribution in [1.82, 2.24) is 0 Å². The number of aryl methyl sites for hydroxylation is 1. The van der Waals surface area contributed by atoms with Crippen LogP contribution in [0.4, 0.5) is 0 Å². The van der Waals surface area contributed by atoms with E-state index in [2.05, 4.69) is 136 Å². The van der Waals surface area contributed by atoms with E-state index in [0.717, 1.165) is 34.0 Å². The zero-order chi connectivity index (χ0) is 37.7. The van der Waals surface area contributed by atoms with Crippen LogP contribution >= 0.6 is 23.2 Å². The van der Waals surface area contributed by atoms with Crippen molar-refractivity contribution in [1.29, 1.82) is 0 Å². The van der Waals surface area contributed by atoms with Gasteiger partial charge in [-0.3, -0.25) is 6.08 Å². The Morgan fingerprint density at radius 3 is 1.78 bits per heavy atom. The van der Waals surface area contributed by atoms with Gasteiger partial charge in [0.2, 0.25) is 0 Å². The third kappa shape index (κ3) is 9.25. The minimum atomic E-state index is 0. The molecule has 0 radical (unpaired) electrons. The molecule has 8 rings (SSSR count). The Morgan fingerprint density at radius 1 is 0.759 bits per heavy atom. The number of fused-ring (bicyclic) bond motifs is 5. The molecule has 0 N–H and O–H groups in total. The van der Waals surface area contributed by atoms with Crippen LogP contribution in [0.1, 0.15) is 125 Å². The van der Waals surface area contributed by atoms with Gasteiger partial charge in [0.15, 0.2) is 0 Å². The molecular formula is C49H50Cl4Zr-2. The molecule has 0 aliphatic heterocycles. The van der Waals surface area contributed by atoms with Gasteiger partial charge in [0.25, 0.3) is 0 Å². The standard InChI is InChI=1S/C25H25.C13H8Cl2.C11H17.2ClH.Zr/c1-14-12-24(3,4)22-8-16-7-17-9-23-19(15(2)13-25(23,5)6)11-21(17)20(16)10-18(14)22;14-12-5-1-3-10(8-12)7-11-4-2-6-13(15)9-11;1-5-9-6-7-10(8-9)11(2,3)4;;;/h8-12H,7H2,1-6H3;1-6,8-9H;6-8H,5H2,1-4H3;2*1H;/q-1;;-1;;;+2/p-2. The molecule has 0 spiro atoms. The number of benzene rings is 4. The van der Waals surface area contributed by atoms with Gasteiger partial charge in [-0.2, -0.15) is 28.8 Å². The molecule has 0 atom stereocenters. The monoisotopic (exact) mass is 868 g/mol. The first kappa shape index (κ1) is 44.3. The van der Waals surface area contributed by atoms with Crippen molar-refractivity contribution in [2.45, 2.75) is 98.3 Å². The molecule has 0 saturated carbocycles. The molecule has 0 aromatic heterocycles. The first-order valence-corrected chi connectivity index (χ1v) is 20.4. The smallest absolute Gasteiger partial charge is 1.00 e. The molecule has 3 aliphatic rings. The van der Waals surface area contributed by atoms with E-state index in [0.29, 0.717) is 5.41 Å². The van der Waals surface area contributed by atoms with E-state index < -0.39 is 0 Å². The zero-order valence-corrected chi connectivity index (χ0v) is 38.6. The second-order valence-corrected chi connectivity index (χ2v) is 18.8. The summed E-state index contributed by atoms with van der Waals surface area (Å²) in [6.07, 6.45) is 8.28. The van der Waals surface area contributed by atoms with Crippen LogP contribution in [0.15, 0.2) is 97.1 Å². The summed E-state index contributed by atoms with van der Waals surface area (Å²) >= 11 is 13.3. The molecule has 0 bridgehead atoms. The van der Waals surface area contributed by atoms with Crippen LogP contribution in [-0.2, 0) is 53.3 Å². The molecule has 280 valence electrons.